The van der Waals surface area contributed by atoms with E-state index in [1.165, 1.54) is 18.5 Å². The summed E-state index contributed by atoms with van der Waals surface area (Å²) >= 11 is 0. The van der Waals surface area contributed by atoms with Gasteiger partial charge >= 0.3 is 0 Å². The average Bonchev–Trinajstić information content (AvgIpc) is 3.18. The molecule has 0 amide bonds. The van der Waals surface area contributed by atoms with Crippen LogP contribution >= 0.6 is 0 Å². The number of pyridine rings is 1. The number of likely N-dealkylation sites (tertiary alicyclic amines) is 2. The first-order chi connectivity index (χ1) is 12.5. The molecule has 4 rings (SSSR count). The number of hydrogen-bond acceptors (Lipinski definition) is 4. The Morgan fingerprint density at radius 1 is 1.12 bits per heavy atom. The van der Waals surface area contributed by atoms with Gasteiger partial charge < -0.3 is 14.2 Å². The van der Waals surface area contributed by atoms with E-state index in [0.29, 0.717) is 12.1 Å². The Morgan fingerprint density at radius 3 is 2.54 bits per heavy atom. The van der Waals surface area contributed by atoms with Crippen molar-refractivity contribution < 1.29 is 4.74 Å². The molecule has 0 spiro atoms. The van der Waals surface area contributed by atoms with Crippen LogP contribution in [0.3, 0.4) is 0 Å². The van der Waals surface area contributed by atoms with E-state index < -0.39 is 0 Å². The summed E-state index contributed by atoms with van der Waals surface area (Å²) in [6.45, 7) is 5.11. The smallest absolute Gasteiger partial charge is 0.253 e. The molecule has 138 valence electrons. The SMILES string of the molecule is COc1cc(-c2cc(C)c(=O)n(C)c2)ccc1CN1C[C@@H]2C[C@H]1CN2C. The van der Waals surface area contributed by atoms with Crippen LogP contribution in [0, 0.1) is 6.92 Å². The van der Waals surface area contributed by atoms with Gasteiger partial charge in [-0.05, 0) is 43.7 Å². The third-order valence-corrected chi connectivity index (χ3v) is 5.98. The average molecular weight is 353 g/mol. The van der Waals surface area contributed by atoms with E-state index in [1.807, 2.05) is 19.2 Å². The van der Waals surface area contributed by atoms with E-state index >= 15 is 0 Å². The number of aromatic nitrogens is 1. The van der Waals surface area contributed by atoms with Gasteiger partial charge in [-0.15, -0.1) is 0 Å². The van der Waals surface area contributed by atoms with Crippen molar-refractivity contribution in [3.05, 3.63) is 51.9 Å². The fourth-order valence-electron chi connectivity index (χ4n) is 4.45. The Hall–Kier alpha value is -2.11. The van der Waals surface area contributed by atoms with Crippen molar-refractivity contribution in [2.75, 3.05) is 27.2 Å². The number of likely N-dealkylation sites (N-methyl/N-ethyl adjacent to an activating group) is 1. The van der Waals surface area contributed by atoms with Gasteiger partial charge in [-0.3, -0.25) is 9.69 Å². The first kappa shape index (κ1) is 17.3. The largest absolute Gasteiger partial charge is 0.496 e. The van der Waals surface area contributed by atoms with Crippen molar-refractivity contribution in [3.8, 4) is 16.9 Å². The monoisotopic (exact) mass is 353 g/mol. The zero-order valence-electron chi connectivity index (χ0n) is 16.0. The quantitative estimate of drug-likeness (QED) is 0.845. The third kappa shape index (κ3) is 2.95. The zero-order valence-corrected chi connectivity index (χ0v) is 16.0. The molecule has 1 aromatic carbocycles. The molecule has 2 atom stereocenters. The van der Waals surface area contributed by atoms with E-state index in [-0.39, 0.29) is 5.56 Å². The molecule has 0 saturated carbocycles. The van der Waals surface area contributed by atoms with Crippen molar-refractivity contribution in [1.29, 1.82) is 0 Å². The van der Waals surface area contributed by atoms with Gasteiger partial charge in [0.2, 0.25) is 0 Å². The van der Waals surface area contributed by atoms with Crippen LogP contribution in [0.25, 0.3) is 11.1 Å². The first-order valence-corrected chi connectivity index (χ1v) is 9.25. The predicted molar refractivity (Wildman–Crippen MR) is 104 cm³/mol. The first-order valence-electron chi connectivity index (χ1n) is 9.25. The lowest BCUT2D eigenvalue weighted by Gasteiger charge is -2.32. The van der Waals surface area contributed by atoms with Gasteiger partial charge in [-0.2, -0.15) is 0 Å². The van der Waals surface area contributed by atoms with Crippen LogP contribution in [0.1, 0.15) is 17.5 Å². The minimum atomic E-state index is 0.0476. The maximum atomic E-state index is 11.9. The molecule has 1 aromatic heterocycles. The molecule has 2 bridgehead atoms. The standard InChI is InChI=1S/C21H27N3O2/c1-14-7-17(10-23(3)21(14)25)15-5-6-16(20(8-15)26-4)11-24-13-18-9-19(24)12-22(18)2/h5-8,10,18-19H,9,11-13H2,1-4H3/t18-,19-/m0/s1. The van der Waals surface area contributed by atoms with Crippen LogP contribution < -0.4 is 10.3 Å². The Morgan fingerprint density at radius 2 is 1.92 bits per heavy atom. The zero-order chi connectivity index (χ0) is 18.4. The maximum absolute atomic E-state index is 11.9. The molecule has 26 heavy (non-hydrogen) atoms. The number of fused-ring (bicyclic) bond motifs is 2. The van der Waals surface area contributed by atoms with Crippen LogP contribution in [0.15, 0.2) is 35.3 Å². The van der Waals surface area contributed by atoms with E-state index in [0.717, 1.165) is 35.5 Å². The van der Waals surface area contributed by atoms with Gasteiger partial charge in [0.25, 0.3) is 5.56 Å². The molecule has 3 heterocycles. The third-order valence-electron chi connectivity index (χ3n) is 5.98. The van der Waals surface area contributed by atoms with Gasteiger partial charge in [0.05, 0.1) is 7.11 Å². The maximum Gasteiger partial charge on any atom is 0.253 e. The van der Waals surface area contributed by atoms with Gasteiger partial charge in [0.1, 0.15) is 5.75 Å². The summed E-state index contributed by atoms with van der Waals surface area (Å²) in [6, 6.07) is 9.72. The molecule has 0 unspecified atom stereocenters. The number of nitrogens with zero attached hydrogens (tertiary/aromatic N) is 3. The molecule has 0 radical (unpaired) electrons. The van der Waals surface area contributed by atoms with Crippen molar-refractivity contribution in [2.24, 2.45) is 7.05 Å². The van der Waals surface area contributed by atoms with Crippen LogP contribution in [0.5, 0.6) is 5.75 Å². The van der Waals surface area contributed by atoms with Crippen molar-refractivity contribution in [3.63, 3.8) is 0 Å². The van der Waals surface area contributed by atoms with Crippen LogP contribution in [-0.2, 0) is 13.6 Å². The molecule has 5 nitrogen and oxygen atoms in total. The molecule has 2 aromatic rings. The van der Waals surface area contributed by atoms with Crippen LogP contribution in [0.4, 0.5) is 0 Å². The number of hydrogen-bond donors (Lipinski definition) is 0. The summed E-state index contributed by atoms with van der Waals surface area (Å²) in [6.07, 6.45) is 3.17. The van der Waals surface area contributed by atoms with Crippen molar-refractivity contribution >= 4 is 0 Å². The highest BCUT2D eigenvalue weighted by Crippen LogP contribution is 2.33. The summed E-state index contributed by atoms with van der Waals surface area (Å²) in [7, 11) is 5.76. The number of rotatable bonds is 4. The highest BCUT2D eigenvalue weighted by molar-refractivity contribution is 5.66. The fourth-order valence-corrected chi connectivity index (χ4v) is 4.45. The lowest BCUT2D eigenvalue weighted by molar-refractivity contribution is 0.142. The number of benzene rings is 1. The number of methoxy groups -OCH3 is 1. The molecule has 0 N–H and O–H groups in total. The Labute approximate surface area is 154 Å². The second-order valence-electron chi connectivity index (χ2n) is 7.77. The fraction of sp³-hybridized carbons (Fsp3) is 0.476. The second kappa shape index (κ2) is 6.56. The van der Waals surface area contributed by atoms with E-state index in [4.69, 9.17) is 4.74 Å². The summed E-state index contributed by atoms with van der Waals surface area (Å²) in [5.41, 5.74) is 4.15. The Bertz CT molecular complexity index is 861. The minimum absolute atomic E-state index is 0.0476. The Balaban J connectivity index is 1.60. The molecule has 2 aliphatic heterocycles. The topological polar surface area (TPSA) is 37.7 Å². The number of piperazine rings is 1. The van der Waals surface area contributed by atoms with Gasteiger partial charge in [-0.1, -0.05) is 12.1 Å². The van der Waals surface area contributed by atoms with Gasteiger partial charge in [-0.25, -0.2) is 0 Å². The summed E-state index contributed by atoms with van der Waals surface area (Å²) in [5.74, 6) is 0.921. The highest BCUT2D eigenvalue weighted by Gasteiger charge is 2.41. The van der Waals surface area contributed by atoms with E-state index in [9.17, 15) is 4.79 Å². The van der Waals surface area contributed by atoms with Gasteiger partial charge in [0.15, 0.2) is 0 Å². The normalized spacial score (nSPS) is 22.9. The van der Waals surface area contributed by atoms with Crippen LogP contribution in [-0.4, -0.2) is 53.7 Å². The molecular formula is C21H27N3O2. The summed E-state index contributed by atoms with van der Waals surface area (Å²) in [4.78, 5) is 17.0. The predicted octanol–water partition coefficient (Wildman–Crippen LogP) is 2.26. The second-order valence-corrected chi connectivity index (χ2v) is 7.77. The lowest BCUT2D eigenvalue weighted by atomic mass is 10.0. The van der Waals surface area contributed by atoms with E-state index in [1.54, 1.807) is 18.7 Å². The molecule has 2 fully saturated rings. The highest BCUT2D eigenvalue weighted by atomic mass is 16.5. The number of aryl methyl sites for hydroxylation is 2. The molecule has 2 saturated heterocycles. The lowest BCUT2D eigenvalue weighted by Crippen LogP contribution is -2.43. The minimum Gasteiger partial charge on any atom is -0.496 e. The van der Waals surface area contributed by atoms with Crippen molar-refractivity contribution in [1.82, 2.24) is 14.4 Å². The van der Waals surface area contributed by atoms with E-state index in [2.05, 4.69) is 35.0 Å². The molecular weight excluding hydrogens is 326 g/mol. The molecule has 2 aliphatic rings. The van der Waals surface area contributed by atoms with Gasteiger partial charge in [0, 0.05) is 56.1 Å². The van der Waals surface area contributed by atoms with Crippen molar-refractivity contribution in [2.45, 2.75) is 32.0 Å². The summed E-state index contributed by atoms with van der Waals surface area (Å²) < 4.78 is 7.34. The molecule has 5 heteroatoms. The number of ether oxygens (including phenoxy) is 1. The summed E-state index contributed by atoms with van der Waals surface area (Å²) in [5, 5.41) is 0. The molecule has 0 aliphatic carbocycles. The Kier molecular flexibility index (Phi) is 4.37. The van der Waals surface area contributed by atoms with Crippen LogP contribution in [0.2, 0.25) is 0 Å².